The molecule has 1 amide bonds. The van der Waals surface area contributed by atoms with Gasteiger partial charge in [-0.05, 0) is 43.6 Å². The summed E-state index contributed by atoms with van der Waals surface area (Å²) in [6.07, 6.45) is 13.5. The first-order valence-electron chi connectivity index (χ1n) is 11.8. The third-order valence-corrected chi connectivity index (χ3v) is 6.96. The Bertz CT molecular complexity index is 829. The van der Waals surface area contributed by atoms with Crippen molar-refractivity contribution < 1.29 is 4.79 Å². The number of hydrogen-bond acceptors (Lipinski definition) is 3. The maximum Gasteiger partial charge on any atom is 0.274 e. The Morgan fingerprint density at radius 3 is 2.45 bits per heavy atom. The van der Waals surface area contributed by atoms with E-state index in [0.717, 1.165) is 50.3 Å². The van der Waals surface area contributed by atoms with Gasteiger partial charge in [-0.15, -0.1) is 0 Å². The molecule has 1 atom stereocenters. The molecule has 3 heterocycles. The van der Waals surface area contributed by atoms with Gasteiger partial charge in [-0.1, -0.05) is 58.8 Å². The Kier molecular flexibility index (Phi) is 6.51. The molecule has 1 aliphatic heterocycles. The third-order valence-electron chi connectivity index (χ3n) is 6.96. The lowest BCUT2D eigenvalue weighted by atomic mass is 9.86. The lowest BCUT2D eigenvalue weighted by Gasteiger charge is -2.21. The van der Waals surface area contributed by atoms with Crippen molar-refractivity contribution >= 4 is 11.6 Å². The molecule has 158 valence electrons. The number of nitrogens with zero attached hydrogens (tertiary/aromatic N) is 4. The maximum absolute atomic E-state index is 13.1. The molecular weight excluding hydrogens is 360 g/mol. The molecule has 1 saturated carbocycles. The van der Waals surface area contributed by atoms with Crippen LogP contribution < -0.4 is 0 Å². The molecule has 5 nitrogen and oxygen atoms in total. The van der Waals surface area contributed by atoms with Crippen LogP contribution in [0.15, 0.2) is 12.1 Å². The van der Waals surface area contributed by atoms with Crippen molar-refractivity contribution in [3.63, 3.8) is 0 Å². The minimum absolute atomic E-state index is 0.0707. The highest BCUT2D eigenvalue weighted by Gasteiger charge is 2.23. The van der Waals surface area contributed by atoms with E-state index in [1.54, 1.807) is 0 Å². The minimum Gasteiger partial charge on any atom is -0.337 e. The minimum atomic E-state index is 0.0707. The van der Waals surface area contributed by atoms with Gasteiger partial charge in [0.25, 0.3) is 5.91 Å². The summed E-state index contributed by atoms with van der Waals surface area (Å²) in [5, 5.41) is 4.74. The maximum atomic E-state index is 13.1. The predicted octanol–water partition coefficient (Wildman–Crippen LogP) is 5.38. The SMILES string of the molecule is CCC(C)c1cc(CC2CCCCC2)nc2cc(C(=O)N3CCCCCC3)nn12. The second-order valence-corrected chi connectivity index (χ2v) is 9.20. The first-order valence-corrected chi connectivity index (χ1v) is 11.8. The summed E-state index contributed by atoms with van der Waals surface area (Å²) < 4.78 is 1.93. The third kappa shape index (κ3) is 4.65. The highest BCUT2D eigenvalue weighted by molar-refractivity contribution is 5.93. The molecule has 2 aliphatic rings. The fourth-order valence-electron chi connectivity index (χ4n) is 4.94. The van der Waals surface area contributed by atoms with Gasteiger partial charge in [0.2, 0.25) is 0 Å². The lowest BCUT2D eigenvalue weighted by molar-refractivity contribution is 0.0755. The summed E-state index contributed by atoms with van der Waals surface area (Å²) >= 11 is 0. The van der Waals surface area contributed by atoms with Gasteiger partial charge in [-0.25, -0.2) is 9.50 Å². The molecule has 1 unspecified atom stereocenters. The average Bonchev–Trinajstić information content (AvgIpc) is 2.98. The number of fused-ring (bicyclic) bond motifs is 1. The van der Waals surface area contributed by atoms with Crippen LogP contribution in [-0.2, 0) is 6.42 Å². The van der Waals surface area contributed by atoms with E-state index in [2.05, 4.69) is 19.9 Å². The second kappa shape index (κ2) is 9.27. The van der Waals surface area contributed by atoms with Gasteiger partial charge >= 0.3 is 0 Å². The molecule has 0 radical (unpaired) electrons. The van der Waals surface area contributed by atoms with E-state index in [9.17, 15) is 4.79 Å². The van der Waals surface area contributed by atoms with Gasteiger partial charge in [-0.3, -0.25) is 4.79 Å². The number of carbonyl (C=O) groups is 1. The zero-order chi connectivity index (χ0) is 20.2. The van der Waals surface area contributed by atoms with E-state index in [1.165, 1.54) is 56.3 Å². The Morgan fingerprint density at radius 2 is 1.76 bits per heavy atom. The molecule has 0 N–H and O–H groups in total. The lowest BCUT2D eigenvalue weighted by Crippen LogP contribution is -2.32. The molecule has 2 aromatic heterocycles. The normalized spacial score (nSPS) is 20.0. The van der Waals surface area contributed by atoms with Crippen LogP contribution in [0.2, 0.25) is 0 Å². The Morgan fingerprint density at radius 1 is 1.07 bits per heavy atom. The number of likely N-dealkylation sites (tertiary alicyclic amines) is 1. The number of aromatic nitrogens is 3. The molecule has 1 saturated heterocycles. The van der Waals surface area contributed by atoms with E-state index in [0.29, 0.717) is 11.6 Å². The number of carbonyl (C=O) groups excluding carboxylic acids is 1. The highest BCUT2D eigenvalue weighted by atomic mass is 16.2. The van der Waals surface area contributed by atoms with Gasteiger partial charge in [0.1, 0.15) is 0 Å². The average molecular weight is 397 g/mol. The summed E-state index contributed by atoms with van der Waals surface area (Å²) in [5.74, 6) is 1.22. The van der Waals surface area contributed by atoms with Crippen LogP contribution in [0.4, 0.5) is 0 Å². The summed E-state index contributed by atoms with van der Waals surface area (Å²) in [6.45, 7) is 6.16. The summed E-state index contributed by atoms with van der Waals surface area (Å²) in [7, 11) is 0. The van der Waals surface area contributed by atoms with Crippen molar-refractivity contribution in [1.82, 2.24) is 19.5 Å². The molecule has 29 heavy (non-hydrogen) atoms. The van der Waals surface area contributed by atoms with Crippen molar-refractivity contribution in [1.29, 1.82) is 0 Å². The molecule has 1 aliphatic carbocycles. The van der Waals surface area contributed by atoms with Crippen LogP contribution in [0.3, 0.4) is 0 Å². The molecule has 0 spiro atoms. The topological polar surface area (TPSA) is 50.5 Å². The second-order valence-electron chi connectivity index (χ2n) is 9.20. The van der Waals surface area contributed by atoms with Crippen molar-refractivity contribution in [2.45, 2.75) is 90.4 Å². The highest BCUT2D eigenvalue weighted by Crippen LogP contribution is 2.28. The Labute approximate surface area is 174 Å². The van der Waals surface area contributed by atoms with Crippen LogP contribution in [-0.4, -0.2) is 38.5 Å². The summed E-state index contributed by atoms with van der Waals surface area (Å²) in [5.41, 5.74) is 3.76. The van der Waals surface area contributed by atoms with E-state index in [4.69, 9.17) is 10.1 Å². The van der Waals surface area contributed by atoms with Crippen LogP contribution >= 0.6 is 0 Å². The van der Waals surface area contributed by atoms with Crippen LogP contribution in [0.5, 0.6) is 0 Å². The molecular formula is C24H36N4O. The van der Waals surface area contributed by atoms with E-state index in [-0.39, 0.29) is 5.91 Å². The van der Waals surface area contributed by atoms with Gasteiger partial charge in [-0.2, -0.15) is 5.10 Å². The van der Waals surface area contributed by atoms with Crippen molar-refractivity contribution in [2.75, 3.05) is 13.1 Å². The van der Waals surface area contributed by atoms with Crippen molar-refractivity contribution in [3.8, 4) is 0 Å². The molecule has 2 fully saturated rings. The van der Waals surface area contributed by atoms with Gasteiger partial charge in [0, 0.05) is 30.5 Å². The molecule has 0 aromatic carbocycles. The van der Waals surface area contributed by atoms with Crippen LogP contribution in [0, 0.1) is 5.92 Å². The van der Waals surface area contributed by atoms with Gasteiger partial charge in [0.15, 0.2) is 11.3 Å². The van der Waals surface area contributed by atoms with E-state index < -0.39 is 0 Å². The zero-order valence-corrected chi connectivity index (χ0v) is 18.2. The summed E-state index contributed by atoms with van der Waals surface area (Å²) in [4.78, 5) is 20.0. The predicted molar refractivity (Wildman–Crippen MR) is 116 cm³/mol. The smallest absolute Gasteiger partial charge is 0.274 e. The standard InChI is InChI=1S/C24H36N4O/c1-3-18(2)22-16-20(15-19-11-7-6-8-12-19)25-23-17-21(26-28(22)23)24(29)27-13-9-4-5-10-14-27/h16-19H,3-15H2,1-2H3. The first-order chi connectivity index (χ1) is 14.2. The fourth-order valence-corrected chi connectivity index (χ4v) is 4.94. The largest absolute Gasteiger partial charge is 0.337 e. The van der Waals surface area contributed by atoms with Gasteiger partial charge in [0.05, 0.1) is 0 Å². The van der Waals surface area contributed by atoms with Gasteiger partial charge < -0.3 is 4.90 Å². The van der Waals surface area contributed by atoms with Crippen molar-refractivity contribution in [3.05, 3.63) is 29.2 Å². The monoisotopic (exact) mass is 396 g/mol. The molecule has 0 bridgehead atoms. The number of rotatable bonds is 5. The molecule has 4 rings (SSSR count). The van der Waals surface area contributed by atoms with E-state index >= 15 is 0 Å². The summed E-state index contributed by atoms with van der Waals surface area (Å²) in [6, 6.07) is 4.17. The first kappa shape index (κ1) is 20.4. The number of amides is 1. The quantitative estimate of drug-likeness (QED) is 0.681. The van der Waals surface area contributed by atoms with Crippen LogP contribution in [0.1, 0.15) is 106 Å². The fraction of sp³-hybridized carbons (Fsp3) is 0.708. The van der Waals surface area contributed by atoms with Crippen LogP contribution in [0.25, 0.3) is 5.65 Å². The Balaban J connectivity index is 1.64. The zero-order valence-electron chi connectivity index (χ0n) is 18.2. The molecule has 5 heteroatoms. The molecule has 2 aromatic rings. The van der Waals surface area contributed by atoms with E-state index in [1.807, 2.05) is 15.5 Å². The Hall–Kier alpha value is -1.91. The number of hydrogen-bond donors (Lipinski definition) is 0. The van der Waals surface area contributed by atoms with Crippen molar-refractivity contribution in [2.24, 2.45) is 5.92 Å².